The summed E-state index contributed by atoms with van der Waals surface area (Å²) >= 11 is 0. The van der Waals surface area contributed by atoms with E-state index >= 15 is 0 Å². The first kappa shape index (κ1) is 175. The third-order valence-electron chi connectivity index (χ3n) is 0. The second-order valence-electron chi connectivity index (χ2n) is 0. The monoisotopic (exact) mass is 430 g/mol. The second-order valence-corrected chi connectivity index (χ2v) is 0. The van der Waals surface area contributed by atoms with Crippen LogP contribution in [0.5, 0.6) is 0 Å². The maximum Gasteiger partial charge on any atom is 2.00 e. The second kappa shape index (κ2) is 132. The summed E-state index contributed by atoms with van der Waals surface area (Å²) in [6.45, 7) is 0. The smallest absolute Gasteiger partial charge is 0.870 e. The molecule has 0 aromatic heterocycles. The Kier molecular flexibility index (Phi) is 2550. The van der Waals surface area contributed by atoms with Crippen LogP contribution >= 0.6 is 0 Å². The molecule has 0 bridgehead atoms. The Bertz CT molecular complexity index is 11.0. The van der Waals surface area contributed by atoms with Gasteiger partial charge >= 0.3 is 48.9 Å². The van der Waals surface area contributed by atoms with Gasteiger partial charge < -0.3 is 32.9 Å². The summed E-state index contributed by atoms with van der Waals surface area (Å²) < 4.78 is 0. The van der Waals surface area contributed by atoms with Crippen molar-refractivity contribution >= 4 is 48.9 Å². The molecule has 0 aliphatic carbocycles. The Labute approximate surface area is 124 Å². The van der Waals surface area contributed by atoms with Crippen molar-refractivity contribution in [2.75, 3.05) is 0 Å². The number of hydrogen-bond donors (Lipinski definition) is 0. The SMILES string of the molecule is O.O.O.O.[Ba+2].[Nb].[Nb].[OH-].[OH-]. The van der Waals surface area contributed by atoms with Gasteiger partial charge in [-0.2, -0.15) is 0 Å². The molecule has 0 aliphatic rings. The Morgan fingerprint density at radius 3 is 0.444 bits per heavy atom. The average Bonchev–Trinajstić information content (AvgIpc) is 0. The van der Waals surface area contributed by atoms with Crippen molar-refractivity contribution in [2.45, 2.75) is 0 Å². The predicted molar refractivity (Wildman–Crippen MR) is 24.1 cm³/mol. The Hall–Kier alpha value is 2.81. The Balaban J connectivity index is 0. The van der Waals surface area contributed by atoms with Gasteiger partial charge in [-0.3, -0.25) is 0 Å². The number of hydrogen-bond acceptors (Lipinski definition) is 2. The summed E-state index contributed by atoms with van der Waals surface area (Å²) in [5.74, 6) is 0. The first-order valence-electron chi connectivity index (χ1n) is 0. The molecular formula is H10BaNb2O6. The summed E-state index contributed by atoms with van der Waals surface area (Å²) in [4.78, 5) is 0. The molecule has 58 valence electrons. The summed E-state index contributed by atoms with van der Waals surface area (Å²) in [5.41, 5.74) is 0. The van der Waals surface area contributed by atoms with Gasteiger partial charge in [0.25, 0.3) is 0 Å². The van der Waals surface area contributed by atoms with E-state index in [1.54, 1.807) is 0 Å². The quantitative estimate of drug-likeness (QED) is 0.355. The Morgan fingerprint density at radius 1 is 0.444 bits per heavy atom. The fourth-order valence-electron chi connectivity index (χ4n) is 0. The third-order valence-corrected chi connectivity index (χ3v) is 0. The van der Waals surface area contributed by atoms with Gasteiger partial charge in [-0.1, -0.05) is 0 Å². The van der Waals surface area contributed by atoms with Crippen molar-refractivity contribution in [3.05, 3.63) is 0 Å². The van der Waals surface area contributed by atoms with Crippen molar-refractivity contribution in [1.82, 2.24) is 0 Å². The van der Waals surface area contributed by atoms with Gasteiger partial charge in [0.15, 0.2) is 0 Å². The predicted octanol–water partition coefficient (Wildman–Crippen LogP) is -4.04. The largest absolute Gasteiger partial charge is 2.00 e. The van der Waals surface area contributed by atoms with Crippen LogP contribution in [0.3, 0.4) is 0 Å². The topological polar surface area (TPSA) is 186 Å². The minimum atomic E-state index is 0. The van der Waals surface area contributed by atoms with E-state index in [0.717, 1.165) is 0 Å². The zero-order valence-electron chi connectivity index (χ0n) is 4.50. The maximum atomic E-state index is 0. The molecule has 0 aromatic carbocycles. The normalized spacial score (nSPS) is 0. The van der Waals surface area contributed by atoms with Crippen molar-refractivity contribution in [2.24, 2.45) is 0 Å². The van der Waals surface area contributed by atoms with Crippen LogP contribution in [0.25, 0.3) is 0 Å². The molecule has 9 heteroatoms. The minimum Gasteiger partial charge on any atom is -0.870 e. The number of rotatable bonds is 0. The molecule has 0 rings (SSSR count). The molecule has 0 spiro atoms. The first-order valence-corrected chi connectivity index (χ1v) is 0. The standard InChI is InChI=1S/Ba.2Nb.6H2O/h;;;6*1H2/q+2;;;;;;;;/p-2. The summed E-state index contributed by atoms with van der Waals surface area (Å²) in [5, 5.41) is 0. The molecule has 0 atom stereocenters. The average molecular weight is 429 g/mol. The van der Waals surface area contributed by atoms with E-state index in [4.69, 9.17) is 0 Å². The molecule has 0 amide bonds. The van der Waals surface area contributed by atoms with Gasteiger partial charge in [0.05, 0.1) is 0 Å². The fourth-order valence-corrected chi connectivity index (χ4v) is 0. The van der Waals surface area contributed by atoms with E-state index in [1.165, 1.54) is 0 Å². The molecule has 0 aliphatic heterocycles. The van der Waals surface area contributed by atoms with Gasteiger partial charge in [-0.15, -0.1) is 0 Å². The molecule has 10 N–H and O–H groups in total. The molecular weight excluding hydrogens is 419 g/mol. The zero-order valence-corrected chi connectivity index (χ0v) is 13.3. The van der Waals surface area contributed by atoms with Crippen LogP contribution in [0.15, 0.2) is 0 Å². The van der Waals surface area contributed by atoms with Gasteiger partial charge in [-0.25, -0.2) is 0 Å². The molecule has 2 radical (unpaired) electrons. The molecule has 6 nitrogen and oxygen atoms in total. The zero-order chi connectivity index (χ0) is 0. The van der Waals surface area contributed by atoms with Crippen molar-refractivity contribution in [3.63, 3.8) is 0 Å². The van der Waals surface area contributed by atoms with Gasteiger partial charge in [-0.05, 0) is 0 Å². The van der Waals surface area contributed by atoms with Crippen LogP contribution in [0, 0.1) is 0 Å². The van der Waals surface area contributed by atoms with Crippen molar-refractivity contribution < 1.29 is 77.6 Å². The van der Waals surface area contributed by atoms with Crippen LogP contribution in [-0.4, -0.2) is 81.7 Å². The van der Waals surface area contributed by atoms with Gasteiger partial charge in [0, 0.05) is 44.8 Å². The van der Waals surface area contributed by atoms with E-state index in [9.17, 15) is 0 Å². The van der Waals surface area contributed by atoms with E-state index in [1.807, 2.05) is 0 Å². The molecule has 0 saturated carbocycles. The molecule has 0 fully saturated rings. The molecule has 0 saturated heterocycles. The maximum absolute atomic E-state index is 0. The van der Waals surface area contributed by atoms with Gasteiger partial charge in [0.2, 0.25) is 0 Å². The molecule has 0 heterocycles. The summed E-state index contributed by atoms with van der Waals surface area (Å²) in [7, 11) is 0. The molecule has 0 aromatic rings. The van der Waals surface area contributed by atoms with Crippen LogP contribution in [0.1, 0.15) is 0 Å². The van der Waals surface area contributed by atoms with E-state index in [2.05, 4.69) is 0 Å². The van der Waals surface area contributed by atoms with Crippen molar-refractivity contribution in [1.29, 1.82) is 0 Å². The van der Waals surface area contributed by atoms with Gasteiger partial charge in [0.1, 0.15) is 0 Å². The van der Waals surface area contributed by atoms with Crippen LogP contribution in [-0.2, 0) is 44.8 Å². The fraction of sp³-hybridized carbons (Fsp3) is 0. The summed E-state index contributed by atoms with van der Waals surface area (Å²) in [6, 6.07) is 0. The Morgan fingerprint density at radius 2 is 0.444 bits per heavy atom. The molecule has 9 heavy (non-hydrogen) atoms. The van der Waals surface area contributed by atoms with Crippen LogP contribution in [0.4, 0.5) is 0 Å². The summed E-state index contributed by atoms with van der Waals surface area (Å²) in [6.07, 6.45) is 0. The van der Waals surface area contributed by atoms with Crippen molar-refractivity contribution in [3.8, 4) is 0 Å². The third kappa shape index (κ3) is 106. The van der Waals surface area contributed by atoms with Crippen LogP contribution < -0.4 is 0 Å². The minimum absolute atomic E-state index is 0. The van der Waals surface area contributed by atoms with E-state index in [-0.39, 0.29) is 126 Å². The van der Waals surface area contributed by atoms with Crippen LogP contribution in [0.2, 0.25) is 0 Å². The van der Waals surface area contributed by atoms with E-state index in [0.29, 0.717) is 0 Å². The first-order chi connectivity index (χ1) is 0. The van der Waals surface area contributed by atoms with E-state index < -0.39 is 0 Å². The molecule has 0 unspecified atom stereocenters.